The molecule has 1 aliphatic rings. The summed E-state index contributed by atoms with van der Waals surface area (Å²) in [6.45, 7) is 4.28. The third-order valence-electron chi connectivity index (χ3n) is 5.31. The highest BCUT2D eigenvalue weighted by atomic mass is 16.7. The Hall–Kier alpha value is -1.80. The minimum Gasteiger partial charge on any atom is -0.394 e. The van der Waals surface area contributed by atoms with Crippen molar-refractivity contribution in [2.24, 2.45) is 0 Å². The van der Waals surface area contributed by atoms with E-state index in [1.807, 2.05) is 74.5 Å². The van der Waals surface area contributed by atoms with Crippen LogP contribution in [0.3, 0.4) is 0 Å². The minimum absolute atomic E-state index is 0.0674. The predicted molar refractivity (Wildman–Crippen MR) is 113 cm³/mol. The largest absolute Gasteiger partial charge is 0.394 e. The summed E-state index contributed by atoms with van der Waals surface area (Å²) in [6, 6.07) is 19.5. The molecule has 6 heteroatoms. The average molecular weight is 417 g/mol. The number of hydrogen-bond acceptors (Lipinski definition) is 6. The fourth-order valence-corrected chi connectivity index (χ4v) is 3.38. The fraction of sp³-hybridized carbons (Fsp3) is 0.500. The smallest absolute Gasteiger partial charge is 0.187 e. The first kappa shape index (κ1) is 22.9. The van der Waals surface area contributed by atoms with Gasteiger partial charge in [0, 0.05) is 0 Å². The van der Waals surface area contributed by atoms with Gasteiger partial charge in [0.05, 0.1) is 25.9 Å². The Morgan fingerprint density at radius 3 is 1.93 bits per heavy atom. The van der Waals surface area contributed by atoms with Crippen molar-refractivity contribution < 1.29 is 29.2 Å². The zero-order valence-corrected chi connectivity index (χ0v) is 17.6. The number of aliphatic hydroxyl groups excluding tert-OH is 2. The van der Waals surface area contributed by atoms with Crippen molar-refractivity contribution in [2.75, 3.05) is 6.61 Å². The molecule has 3 rings (SSSR count). The van der Waals surface area contributed by atoms with E-state index in [0.29, 0.717) is 13.2 Å². The van der Waals surface area contributed by atoms with Crippen molar-refractivity contribution >= 4 is 0 Å². The van der Waals surface area contributed by atoms with Crippen LogP contribution in [0.1, 0.15) is 31.4 Å². The van der Waals surface area contributed by atoms with Gasteiger partial charge in [-0.1, -0.05) is 67.6 Å². The first-order chi connectivity index (χ1) is 14.6. The molecule has 0 radical (unpaired) electrons. The quantitative estimate of drug-likeness (QED) is 0.620. The van der Waals surface area contributed by atoms with E-state index in [1.165, 1.54) is 0 Å². The van der Waals surface area contributed by atoms with E-state index in [1.54, 1.807) is 0 Å². The van der Waals surface area contributed by atoms with Crippen molar-refractivity contribution in [1.29, 1.82) is 0 Å². The van der Waals surface area contributed by atoms with Gasteiger partial charge in [-0.05, 0) is 24.5 Å². The van der Waals surface area contributed by atoms with Crippen LogP contribution in [-0.2, 0) is 32.2 Å². The molecule has 2 aromatic rings. The molecule has 0 bridgehead atoms. The lowest BCUT2D eigenvalue weighted by Crippen LogP contribution is -2.61. The summed E-state index contributed by atoms with van der Waals surface area (Å²) in [5.41, 5.74) is 1.98. The van der Waals surface area contributed by atoms with E-state index < -0.39 is 30.7 Å². The maximum atomic E-state index is 10.8. The van der Waals surface area contributed by atoms with E-state index in [0.717, 1.165) is 17.5 Å². The van der Waals surface area contributed by atoms with Gasteiger partial charge in [-0.15, -0.1) is 0 Å². The second-order valence-corrected chi connectivity index (χ2v) is 7.59. The van der Waals surface area contributed by atoms with Gasteiger partial charge in [-0.25, -0.2) is 0 Å². The van der Waals surface area contributed by atoms with Crippen LogP contribution < -0.4 is 0 Å². The third kappa shape index (κ3) is 6.11. The number of aliphatic hydroxyl groups is 2. The molecular weight excluding hydrogens is 384 g/mol. The monoisotopic (exact) mass is 416 g/mol. The number of rotatable bonds is 10. The van der Waals surface area contributed by atoms with Crippen molar-refractivity contribution in [3.05, 3.63) is 71.8 Å². The molecule has 6 unspecified atom stereocenters. The molecule has 1 aliphatic heterocycles. The summed E-state index contributed by atoms with van der Waals surface area (Å²) in [6.07, 6.45) is -3.25. The van der Waals surface area contributed by atoms with Crippen LogP contribution in [-0.4, -0.2) is 53.6 Å². The Morgan fingerprint density at radius 1 is 0.900 bits per heavy atom. The molecule has 6 nitrogen and oxygen atoms in total. The predicted octanol–water partition coefficient (Wildman–Crippen LogP) is 3.05. The first-order valence-electron chi connectivity index (χ1n) is 10.5. The van der Waals surface area contributed by atoms with Crippen LogP contribution in [0.25, 0.3) is 0 Å². The molecule has 164 valence electrons. The summed E-state index contributed by atoms with van der Waals surface area (Å²) in [5.74, 6) is 0. The first-order valence-corrected chi connectivity index (χ1v) is 10.5. The normalized spacial score (nSPS) is 27.7. The average Bonchev–Trinajstić information content (AvgIpc) is 2.79. The molecule has 0 spiro atoms. The van der Waals surface area contributed by atoms with Gasteiger partial charge in [0.15, 0.2) is 6.29 Å². The van der Waals surface area contributed by atoms with Crippen molar-refractivity contribution in [1.82, 2.24) is 0 Å². The van der Waals surface area contributed by atoms with Crippen LogP contribution in [0.2, 0.25) is 0 Å². The summed E-state index contributed by atoms with van der Waals surface area (Å²) >= 11 is 0. The van der Waals surface area contributed by atoms with E-state index >= 15 is 0 Å². The molecule has 6 atom stereocenters. The van der Waals surface area contributed by atoms with Crippen LogP contribution >= 0.6 is 0 Å². The zero-order valence-electron chi connectivity index (χ0n) is 17.6. The molecule has 1 saturated heterocycles. The Morgan fingerprint density at radius 2 is 1.43 bits per heavy atom. The second-order valence-electron chi connectivity index (χ2n) is 7.59. The molecule has 2 aromatic carbocycles. The van der Waals surface area contributed by atoms with Gasteiger partial charge < -0.3 is 29.2 Å². The number of hydrogen-bond donors (Lipinski definition) is 2. The fourth-order valence-electron chi connectivity index (χ4n) is 3.38. The van der Waals surface area contributed by atoms with Crippen molar-refractivity contribution in [3.63, 3.8) is 0 Å². The molecule has 0 amide bonds. The molecule has 1 heterocycles. The van der Waals surface area contributed by atoms with Gasteiger partial charge in [0.1, 0.15) is 24.4 Å². The number of ether oxygens (including phenoxy) is 4. The van der Waals surface area contributed by atoms with Gasteiger partial charge in [0.25, 0.3) is 0 Å². The van der Waals surface area contributed by atoms with Crippen LogP contribution in [0.4, 0.5) is 0 Å². The van der Waals surface area contributed by atoms with Gasteiger partial charge in [-0.2, -0.15) is 0 Å². The minimum atomic E-state index is -1.05. The Balaban J connectivity index is 1.79. The van der Waals surface area contributed by atoms with E-state index in [9.17, 15) is 10.2 Å². The maximum absolute atomic E-state index is 10.8. The lowest BCUT2D eigenvalue weighted by Gasteiger charge is -2.44. The summed E-state index contributed by atoms with van der Waals surface area (Å²) in [5, 5.41) is 20.6. The summed E-state index contributed by atoms with van der Waals surface area (Å²) < 4.78 is 24.2. The van der Waals surface area contributed by atoms with Crippen LogP contribution in [0.5, 0.6) is 0 Å². The Kier molecular flexibility index (Phi) is 8.81. The zero-order chi connectivity index (χ0) is 21.3. The van der Waals surface area contributed by atoms with E-state index in [4.69, 9.17) is 18.9 Å². The molecule has 1 fully saturated rings. The van der Waals surface area contributed by atoms with Gasteiger partial charge in [-0.3, -0.25) is 0 Å². The molecule has 2 N–H and O–H groups in total. The van der Waals surface area contributed by atoms with Crippen LogP contribution in [0, 0.1) is 0 Å². The summed E-state index contributed by atoms with van der Waals surface area (Å²) in [7, 11) is 0. The molecule has 0 saturated carbocycles. The summed E-state index contributed by atoms with van der Waals surface area (Å²) in [4.78, 5) is 0. The second kappa shape index (κ2) is 11.6. The van der Waals surface area contributed by atoms with E-state index in [-0.39, 0.29) is 12.7 Å². The standard InChI is InChI=1S/C24H32O6/c1-3-17(2)29-24-23(28-16-19-12-8-5-9-13-19)22(21(26)20(14-25)30-24)27-15-18-10-6-4-7-11-18/h4-13,17,20-26H,3,14-16H2,1-2H3. The highest BCUT2D eigenvalue weighted by Gasteiger charge is 2.47. The molecule has 0 aliphatic carbocycles. The van der Waals surface area contributed by atoms with Crippen LogP contribution in [0.15, 0.2) is 60.7 Å². The molecular formula is C24H32O6. The van der Waals surface area contributed by atoms with E-state index in [2.05, 4.69) is 0 Å². The lowest BCUT2D eigenvalue weighted by atomic mass is 9.98. The third-order valence-corrected chi connectivity index (χ3v) is 5.31. The Bertz CT molecular complexity index is 725. The highest BCUT2D eigenvalue weighted by molar-refractivity contribution is 5.14. The molecule has 30 heavy (non-hydrogen) atoms. The topological polar surface area (TPSA) is 77.4 Å². The van der Waals surface area contributed by atoms with Crippen molar-refractivity contribution in [3.8, 4) is 0 Å². The highest BCUT2D eigenvalue weighted by Crippen LogP contribution is 2.29. The SMILES string of the molecule is CCC(C)OC1OC(CO)C(O)C(OCc2ccccc2)C1OCc1ccccc1. The number of benzene rings is 2. The Labute approximate surface area is 178 Å². The maximum Gasteiger partial charge on any atom is 0.187 e. The molecule has 0 aromatic heterocycles. The van der Waals surface area contributed by atoms with Gasteiger partial charge in [0.2, 0.25) is 0 Å². The van der Waals surface area contributed by atoms with Gasteiger partial charge >= 0.3 is 0 Å². The lowest BCUT2D eigenvalue weighted by molar-refractivity contribution is -0.327. The van der Waals surface area contributed by atoms with Crippen molar-refractivity contribution in [2.45, 2.75) is 70.3 Å².